The lowest BCUT2D eigenvalue weighted by Gasteiger charge is -2.72. The van der Waals surface area contributed by atoms with Crippen molar-refractivity contribution in [3.8, 4) is 0 Å². The van der Waals surface area contributed by atoms with Gasteiger partial charge in [-0.2, -0.15) is 10.6 Å². The summed E-state index contributed by atoms with van der Waals surface area (Å²) in [6.45, 7) is 21.7. The van der Waals surface area contributed by atoms with E-state index in [9.17, 15) is 19.0 Å². The van der Waals surface area contributed by atoms with Crippen LogP contribution in [0.5, 0.6) is 0 Å². The number of allylic oxidation sites excluding steroid dienone is 2. The zero-order valence-corrected chi connectivity index (χ0v) is 32.4. The normalized spacial score (nSPS) is 43.5. The third-order valence-corrected chi connectivity index (χ3v) is 18.4. The molecule has 1 saturated heterocycles. The Kier molecular flexibility index (Phi) is 9.08. The zero-order valence-electron chi connectivity index (χ0n) is 31.6. The number of benzene rings is 1. The van der Waals surface area contributed by atoms with Crippen LogP contribution in [0.1, 0.15) is 122 Å². The second-order valence-electron chi connectivity index (χ2n) is 19.2. The number of rotatable bonds is 7. The Balaban J connectivity index is 1.14. The van der Waals surface area contributed by atoms with Crippen molar-refractivity contribution in [3.63, 3.8) is 0 Å². The van der Waals surface area contributed by atoms with Gasteiger partial charge in [0.15, 0.2) is 0 Å². The summed E-state index contributed by atoms with van der Waals surface area (Å²) in [5.74, 6) is 4.48. The van der Waals surface area contributed by atoms with Gasteiger partial charge in [-0.3, -0.25) is 14.0 Å². The summed E-state index contributed by atoms with van der Waals surface area (Å²) in [6, 6.07) is 7.63. The van der Waals surface area contributed by atoms with Gasteiger partial charge in [0, 0.05) is 31.7 Å². The highest BCUT2D eigenvalue weighted by Gasteiger charge is 2.70. The zero-order chi connectivity index (χ0) is 35.2. The summed E-state index contributed by atoms with van der Waals surface area (Å²) in [4.78, 5) is 14.0. The second-order valence-corrected chi connectivity index (χ2v) is 21.6. The van der Waals surface area contributed by atoms with Crippen molar-refractivity contribution in [3.05, 3.63) is 41.5 Å². The first-order valence-corrected chi connectivity index (χ1v) is 21.6. The molecule has 1 aliphatic heterocycles. The van der Waals surface area contributed by atoms with Gasteiger partial charge < -0.3 is 10.4 Å². The third-order valence-electron chi connectivity index (χ3n) is 16.7. The summed E-state index contributed by atoms with van der Waals surface area (Å²) in [6.07, 6.45) is 14.2. The van der Waals surface area contributed by atoms with Crippen LogP contribution in [0.15, 0.2) is 30.3 Å². The number of nitrogens with one attached hydrogen (secondary N) is 1. The molecule has 5 aliphatic carbocycles. The van der Waals surface area contributed by atoms with Crippen molar-refractivity contribution in [1.29, 1.82) is 0 Å². The molecule has 0 radical (unpaired) electrons. The largest absolute Gasteiger partial charge is 0.478 e. The number of fused-ring (bicyclic) bond motifs is 7. The highest BCUT2D eigenvalue weighted by Crippen LogP contribution is 2.76. The number of carbonyl (C=O) groups is 1. The third kappa shape index (κ3) is 5.61. The highest BCUT2D eigenvalue weighted by molar-refractivity contribution is 8.24. The van der Waals surface area contributed by atoms with E-state index >= 15 is 0 Å². The minimum Gasteiger partial charge on any atom is -0.478 e. The van der Waals surface area contributed by atoms with Gasteiger partial charge in [0.25, 0.3) is 0 Å². The van der Waals surface area contributed by atoms with Gasteiger partial charge in [-0.05, 0) is 138 Å². The molecule has 0 unspecified atom stereocenters. The maximum absolute atomic E-state index is 11.6. The van der Waals surface area contributed by atoms with Crippen LogP contribution in [-0.4, -0.2) is 68.3 Å². The number of hydrogen-bond acceptors (Lipinski definition) is 5. The number of hydrogen-bond donors (Lipinski definition) is 4. The molecule has 0 amide bonds. The molecule has 0 aromatic heterocycles. The fraction of sp³-hybridized carbons (Fsp3) is 0.786. The summed E-state index contributed by atoms with van der Waals surface area (Å²) < 4.78 is 20.3. The molecule has 1 aromatic rings. The molecular formula is C42H66N2O4S. The molecule has 274 valence electrons. The van der Waals surface area contributed by atoms with Crippen molar-refractivity contribution in [1.82, 2.24) is 10.2 Å². The van der Waals surface area contributed by atoms with E-state index in [1.807, 2.05) is 12.1 Å². The molecule has 1 heterocycles. The molecule has 4 saturated carbocycles. The van der Waals surface area contributed by atoms with Gasteiger partial charge in [0.2, 0.25) is 0 Å². The minimum atomic E-state index is -2.35. The van der Waals surface area contributed by atoms with Crippen molar-refractivity contribution >= 4 is 22.1 Å². The number of aromatic carboxylic acids is 1. The average molecular weight is 695 g/mol. The van der Waals surface area contributed by atoms with E-state index in [-0.39, 0.29) is 16.4 Å². The van der Waals surface area contributed by atoms with Gasteiger partial charge in [0.1, 0.15) is 0 Å². The van der Waals surface area contributed by atoms with Crippen molar-refractivity contribution in [2.45, 2.75) is 112 Å². The lowest BCUT2D eigenvalue weighted by Crippen LogP contribution is -2.68. The van der Waals surface area contributed by atoms with E-state index < -0.39 is 16.6 Å². The quantitative estimate of drug-likeness (QED) is 0.227. The van der Waals surface area contributed by atoms with E-state index in [0.29, 0.717) is 45.7 Å². The molecule has 4 N–H and O–H groups in total. The Labute approximate surface area is 298 Å². The van der Waals surface area contributed by atoms with Crippen molar-refractivity contribution < 1.29 is 19.0 Å². The second kappa shape index (κ2) is 12.4. The van der Waals surface area contributed by atoms with Crippen LogP contribution in [-0.2, 0) is 0 Å². The predicted octanol–water partition coefficient (Wildman–Crippen LogP) is 9.52. The first-order valence-electron chi connectivity index (χ1n) is 19.7. The Morgan fingerprint density at radius 1 is 0.898 bits per heavy atom. The van der Waals surface area contributed by atoms with E-state index in [1.165, 1.54) is 62.5 Å². The van der Waals surface area contributed by atoms with Crippen LogP contribution in [0.3, 0.4) is 0 Å². The van der Waals surface area contributed by atoms with E-state index in [2.05, 4.69) is 64.8 Å². The summed E-state index contributed by atoms with van der Waals surface area (Å²) in [7, 11) is -2.35. The molecule has 7 rings (SSSR count). The predicted molar refractivity (Wildman–Crippen MR) is 203 cm³/mol. The molecule has 9 atom stereocenters. The van der Waals surface area contributed by atoms with Crippen LogP contribution < -0.4 is 5.32 Å². The topological polar surface area (TPSA) is 93.0 Å². The summed E-state index contributed by atoms with van der Waals surface area (Å²) in [5, 5.41) is 13.8. The average Bonchev–Trinajstić information content (AvgIpc) is 3.42. The van der Waals surface area contributed by atoms with Gasteiger partial charge in [-0.25, -0.2) is 4.79 Å². The minimum absolute atomic E-state index is 0.0299. The fourth-order valence-corrected chi connectivity index (χ4v) is 15.3. The molecule has 6 aliphatic rings. The maximum atomic E-state index is 11.6. The molecule has 7 heteroatoms. The van der Waals surface area contributed by atoms with Crippen LogP contribution in [0.2, 0.25) is 0 Å². The Morgan fingerprint density at radius 2 is 1.59 bits per heavy atom. The van der Waals surface area contributed by atoms with Crippen molar-refractivity contribution in [2.24, 2.45) is 57.2 Å². The van der Waals surface area contributed by atoms with Gasteiger partial charge in [0.05, 0.1) is 17.1 Å². The fourth-order valence-electron chi connectivity index (χ4n) is 14.0. The van der Waals surface area contributed by atoms with Crippen LogP contribution in [0.25, 0.3) is 5.57 Å². The van der Waals surface area contributed by atoms with Crippen molar-refractivity contribution in [2.75, 3.05) is 37.7 Å². The first kappa shape index (κ1) is 36.0. The Morgan fingerprint density at radius 3 is 2.24 bits per heavy atom. The van der Waals surface area contributed by atoms with Gasteiger partial charge >= 0.3 is 5.97 Å². The molecular weight excluding hydrogens is 629 g/mol. The number of carboxylic acid groups (broad SMARTS) is 1. The smallest absolute Gasteiger partial charge is 0.335 e. The van der Waals surface area contributed by atoms with E-state index in [1.54, 1.807) is 12.1 Å². The molecule has 5 fully saturated rings. The SMILES string of the molecule is CC(C)[C@@H]1CC[C@]2(NCCN3CCS(O)(O)CC3)CC[C@]3(C)[C@H](CC[C@@H]4[C@@]5(C)CC=C(c6ccc(C(=O)O)cc6)C(C)(C)[C@@H]5CC[C@]43C)[C@@H]12. The molecule has 1 aromatic carbocycles. The summed E-state index contributed by atoms with van der Waals surface area (Å²) >= 11 is 0. The lowest BCUT2D eigenvalue weighted by molar-refractivity contribution is -0.221. The highest BCUT2D eigenvalue weighted by atomic mass is 32.3. The Hall–Kier alpha value is -1.38. The van der Waals surface area contributed by atoms with Crippen LogP contribution >= 0.6 is 10.6 Å². The maximum Gasteiger partial charge on any atom is 0.335 e. The molecule has 0 spiro atoms. The number of nitrogens with zero attached hydrogens (tertiary/aromatic N) is 1. The number of carboxylic acids is 1. The summed E-state index contributed by atoms with van der Waals surface area (Å²) in [5.41, 5.74) is 4.14. The molecule has 49 heavy (non-hydrogen) atoms. The Bertz CT molecular complexity index is 1450. The molecule has 6 nitrogen and oxygen atoms in total. The lowest BCUT2D eigenvalue weighted by atomic mass is 9.33. The van der Waals surface area contributed by atoms with Gasteiger partial charge in [-0.1, -0.05) is 66.7 Å². The molecule has 0 bridgehead atoms. The van der Waals surface area contributed by atoms with E-state index in [0.717, 1.165) is 50.4 Å². The first-order chi connectivity index (χ1) is 23.0. The van der Waals surface area contributed by atoms with E-state index in [4.69, 9.17) is 0 Å². The van der Waals surface area contributed by atoms with Crippen LogP contribution in [0, 0.1) is 57.2 Å². The van der Waals surface area contributed by atoms with Crippen LogP contribution in [0.4, 0.5) is 0 Å². The van der Waals surface area contributed by atoms with Gasteiger partial charge in [-0.15, -0.1) is 0 Å². The monoisotopic (exact) mass is 694 g/mol. The standard InChI is InChI=1S/C42H66N2O4S/c1-28(2)31-14-19-42(43-22-23-44-24-26-49(47,48)27-25-44)21-20-40(6)33(36(31)42)12-13-35-39(5)17-15-32(29-8-10-30(11-9-29)37(45)46)38(3,4)34(39)16-18-41(35,40)7/h8-11,15,28,31,33-36,43,47-48H,12-14,16-27H2,1-7H3,(H,45,46)/t31-,33+,34-,35+,36+,39-,40+,41+,42-/m0/s1.